The molecule has 0 amide bonds. The fourth-order valence-corrected chi connectivity index (χ4v) is 1.33. The van der Waals surface area contributed by atoms with Crippen molar-refractivity contribution >= 4 is 35.4 Å². The lowest BCUT2D eigenvalue weighted by molar-refractivity contribution is -0.141. The minimum Gasteiger partial charge on any atom is -0.467 e. The molecule has 16 heavy (non-hydrogen) atoms. The van der Waals surface area contributed by atoms with Gasteiger partial charge in [0.15, 0.2) is 0 Å². The first-order valence-electron chi connectivity index (χ1n) is 4.60. The number of rotatable bonds is 3. The molecule has 0 bridgehead atoms. The fraction of sp³-hybridized carbons (Fsp3) is 0.273. The van der Waals surface area contributed by atoms with E-state index in [-0.39, 0.29) is 5.97 Å². The molecule has 1 aromatic rings. The van der Waals surface area contributed by atoms with Gasteiger partial charge in [0.2, 0.25) is 0 Å². The molecule has 0 saturated carbocycles. The molecule has 1 rings (SSSR count). The van der Waals surface area contributed by atoms with Crippen LogP contribution >= 0.6 is 23.2 Å². The molecule has 0 N–H and O–H groups in total. The Morgan fingerprint density at radius 2 is 2.12 bits per heavy atom. The lowest BCUT2D eigenvalue weighted by Crippen LogP contribution is -2.16. The Balaban J connectivity index is 2.76. The van der Waals surface area contributed by atoms with Crippen LogP contribution in [0, 0.1) is 0 Å². The van der Waals surface area contributed by atoms with Crippen LogP contribution in [0.15, 0.2) is 23.2 Å². The third kappa shape index (κ3) is 3.51. The van der Waals surface area contributed by atoms with E-state index in [0.29, 0.717) is 10.0 Å². The van der Waals surface area contributed by atoms with Gasteiger partial charge in [0.05, 0.1) is 17.2 Å². The van der Waals surface area contributed by atoms with Crippen molar-refractivity contribution < 1.29 is 9.53 Å². The van der Waals surface area contributed by atoms with E-state index in [0.717, 1.165) is 5.56 Å². The summed E-state index contributed by atoms with van der Waals surface area (Å²) in [7, 11) is 1.33. The molecule has 1 aromatic carbocycles. The molecule has 0 unspecified atom stereocenters. The van der Waals surface area contributed by atoms with Gasteiger partial charge in [0.25, 0.3) is 0 Å². The van der Waals surface area contributed by atoms with E-state index in [9.17, 15) is 4.79 Å². The number of methoxy groups -OCH3 is 1. The van der Waals surface area contributed by atoms with E-state index in [1.165, 1.54) is 7.11 Å². The van der Waals surface area contributed by atoms with E-state index < -0.39 is 6.04 Å². The molecule has 1 atom stereocenters. The van der Waals surface area contributed by atoms with Crippen LogP contribution in [0.2, 0.25) is 10.0 Å². The zero-order valence-electron chi connectivity index (χ0n) is 8.91. The number of hydrogen-bond donors (Lipinski definition) is 0. The monoisotopic (exact) mass is 259 g/mol. The molecule has 5 heteroatoms. The smallest absolute Gasteiger partial charge is 0.330 e. The van der Waals surface area contributed by atoms with Gasteiger partial charge in [0.1, 0.15) is 6.04 Å². The SMILES string of the molecule is COC(=O)[C@H](C)N=Cc1ccc(Cl)c(Cl)c1. The van der Waals surface area contributed by atoms with Crippen LogP contribution in [-0.4, -0.2) is 25.3 Å². The summed E-state index contributed by atoms with van der Waals surface area (Å²) < 4.78 is 4.54. The number of carbonyl (C=O) groups is 1. The lowest BCUT2D eigenvalue weighted by Gasteiger charge is -2.02. The second kappa shape index (κ2) is 5.87. The van der Waals surface area contributed by atoms with Gasteiger partial charge in [0, 0.05) is 6.21 Å². The summed E-state index contributed by atoms with van der Waals surface area (Å²) in [4.78, 5) is 15.1. The predicted octanol–water partition coefficient (Wildman–Crippen LogP) is 2.97. The Kier molecular flexibility index (Phi) is 4.77. The first kappa shape index (κ1) is 13.0. The average molecular weight is 260 g/mol. The van der Waals surface area contributed by atoms with Gasteiger partial charge in [-0.05, 0) is 24.6 Å². The highest BCUT2D eigenvalue weighted by Crippen LogP contribution is 2.21. The zero-order chi connectivity index (χ0) is 12.1. The third-order valence-corrected chi connectivity index (χ3v) is 2.67. The Bertz CT molecular complexity index is 418. The fourth-order valence-electron chi connectivity index (χ4n) is 1.02. The quantitative estimate of drug-likeness (QED) is 0.619. The highest BCUT2D eigenvalue weighted by atomic mass is 35.5. The number of halogens is 2. The van der Waals surface area contributed by atoms with Gasteiger partial charge < -0.3 is 4.74 Å². The number of hydrogen-bond acceptors (Lipinski definition) is 3. The Morgan fingerprint density at radius 1 is 1.44 bits per heavy atom. The topological polar surface area (TPSA) is 38.7 Å². The maximum atomic E-state index is 11.1. The predicted molar refractivity (Wildman–Crippen MR) is 65.5 cm³/mol. The van der Waals surface area contributed by atoms with Crippen molar-refractivity contribution in [1.82, 2.24) is 0 Å². The van der Waals surface area contributed by atoms with Crippen LogP contribution in [-0.2, 0) is 9.53 Å². The van der Waals surface area contributed by atoms with E-state index in [4.69, 9.17) is 23.2 Å². The van der Waals surface area contributed by atoms with Crippen molar-refractivity contribution in [3.8, 4) is 0 Å². The maximum Gasteiger partial charge on any atom is 0.330 e. The average Bonchev–Trinajstić information content (AvgIpc) is 2.29. The molecule has 0 saturated heterocycles. The summed E-state index contributed by atoms with van der Waals surface area (Å²) in [6.07, 6.45) is 1.56. The molecule has 86 valence electrons. The van der Waals surface area contributed by atoms with Gasteiger partial charge in [-0.25, -0.2) is 4.79 Å². The Labute approximate surface area is 104 Å². The lowest BCUT2D eigenvalue weighted by atomic mass is 10.2. The summed E-state index contributed by atoms with van der Waals surface area (Å²) in [6.45, 7) is 1.65. The van der Waals surface area contributed by atoms with Gasteiger partial charge in [-0.3, -0.25) is 4.99 Å². The van der Waals surface area contributed by atoms with Gasteiger partial charge in [-0.1, -0.05) is 29.3 Å². The van der Waals surface area contributed by atoms with Gasteiger partial charge in [-0.2, -0.15) is 0 Å². The van der Waals surface area contributed by atoms with E-state index >= 15 is 0 Å². The van der Waals surface area contributed by atoms with Gasteiger partial charge in [-0.15, -0.1) is 0 Å². The molecular formula is C11H11Cl2NO2. The second-order valence-corrected chi connectivity index (χ2v) is 3.97. The summed E-state index contributed by atoms with van der Waals surface area (Å²) in [5, 5.41) is 0.941. The second-order valence-electron chi connectivity index (χ2n) is 3.15. The minimum absolute atomic E-state index is 0.378. The van der Waals surface area contributed by atoms with E-state index in [1.807, 2.05) is 0 Å². The number of aliphatic imine (C=N–C) groups is 1. The number of esters is 1. The van der Waals surface area contributed by atoms with Crippen molar-refractivity contribution in [2.75, 3.05) is 7.11 Å². The molecule has 3 nitrogen and oxygen atoms in total. The molecule has 0 spiro atoms. The summed E-state index contributed by atoms with van der Waals surface area (Å²) in [5.41, 5.74) is 0.783. The summed E-state index contributed by atoms with van der Waals surface area (Å²) in [6, 6.07) is 4.59. The van der Waals surface area contributed by atoms with Crippen molar-refractivity contribution in [1.29, 1.82) is 0 Å². The number of nitrogens with zero attached hydrogens (tertiary/aromatic N) is 1. The van der Waals surface area contributed by atoms with Crippen LogP contribution in [0.5, 0.6) is 0 Å². The highest BCUT2D eigenvalue weighted by molar-refractivity contribution is 6.42. The number of carbonyl (C=O) groups excluding carboxylic acids is 1. The molecular weight excluding hydrogens is 249 g/mol. The number of ether oxygens (including phenoxy) is 1. The molecule has 0 aromatic heterocycles. The molecule has 0 fully saturated rings. The molecule has 0 radical (unpaired) electrons. The highest BCUT2D eigenvalue weighted by Gasteiger charge is 2.09. The van der Waals surface area contributed by atoms with Crippen LogP contribution < -0.4 is 0 Å². The Hall–Kier alpha value is -1.06. The van der Waals surface area contributed by atoms with Crippen LogP contribution in [0.4, 0.5) is 0 Å². The van der Waals surface area contributed by atoms with Crippen LogP contribution in [0.1, 0.15) is 12.5 Å². The van der Waals surface area contributed by atoms with Crippen molar-refractivity contribution in [3.63, 3.8) is 0 Å². The molecule has 0 aliphatic rings. The third-order valence-electron chi connectivity index (χ3n) is 1.93. The van der Waals surface area contributed by atoms with Crippen molar-refractivity contribution in [2.24, 2.45) is 4.99 Å². The van der Waals surface area contributed by atoms with Crippen molar-refractivity contribution in [3.05, 3.63) is 33.8 Å². The standard InChI is InChI=1S/C11H11Cl2NO2/c1-7(11(15)16-2)14-6-8-3-4-9(12)10(13)5-8/h3-7H,1-2H3/t7-/m0/s1. The van der Waals surface area contributed by atoms with E-state index in [1.54, 1.807) is 31.3 Å². The van der Waals surface area contributed by atoms with E-state index in [2.05, 4.69) is 9.73 Å². The van der Waals surface area contributed by atoms with Gasteiger partial charge >= 0.3 is 5.97 Å². The summed E-state index contributed by atoms with van der Waals surface area (Å²) in [5.74, 6) is -0.378. The molecule has 0 aliphatic carbocycles. The molecule has 0 heterocycles. The maximum absolute atomic E-state index is 11.1. The first-order chi connectivity index (χ1) is 7.54. The summed E-state index contributed by atoms with van der Waals surface area (Å²) >= 11 is 11.6. The van der Waals surface area contributed by atoms with Crippen LogP contribution in [0.25, 0.3) is 0 Å². The number of benzene rings is 1. The Morgan fingerprint density at radius 3 is 2.69 bits per heavy atom. The van der Waals surface area contributed by atoms with Crippen LogP contribution in [0.3, 0.4) is 0 Å². The zero-order valence-corrected chi connectivity index (χ0v) is 10.4. The largest absolute Gasteiger partial charge is 0.467 e. The minimum atomic E-state index is -0.528. The normalized spacial score (nSPS) is 12.8. The molecule has 0 aliphatic heterocycles. The first-order valence-corrected chi connectivity index (χ1v) is 5.36. The van der Waals surface area contributed by atoms with Crippen molar-refractivity contribution in [2.45, 2.75) is 13.0 Å².